The van der Waals surface area contributed by atoms with Crippen molar-refractivity contribution in [1.82, 2.24) is 15.0 Å². The number of nitrogens with one attached hydrogen (secondary N) is 3. The zero-order valence-corrected chi connectivity index (χ0v) is 13.7. The number of nitrogens with zero attached hydrogens (tertiary/aromatic N) is 2. The second-order valence-electron chi connectivity index (χ2n) is 6.19. The van der Waals surface area contributed by atoms with Crippen LogP contribution in [0.5, 0.6) is 0 Å². The van der Waals surface area contributed by atoms with E-state index < -0.39 is 0 Å². The van der Waals surface area contributed by atoms with Gasteiger partial charge in [0.15, 0.2) is 0 Å². The smallest absolute Gasteiger partial charge is 0.228 e. The fourth-order valence-electron chi connectivity index (χ4n) is 2.85. The predicted molar refractivity (Wildman–Crippen MR) is 95.0 cm³/mol. The van der Waals surface area contributed by atoms with Crippen molar-refractivity contribution in [1.29, 1.82) is 0 Å². The molecule has 122 valence electrons. The van der Waals surface area contributed by atoms with Gasteiger partial charge in [0.1, 0.15) is 17.3 Å². The van der Waals surface area contributed by atoms with E-state index in [4.69, 9.17) is 0 Å². The summed E-state index contributed by atoms with van der Waals surface area (Å²) in [5.41, 5.74) is 4.03. The molecule has 1 amide bonds. The molecule has 0 radical (unpaired) electrons. The molecule has 3 heterocycles. The number of hydrogen-bond acceptors (Lipinski definition) is 4. The lowest BCUT2D eigenvalue weighted by atomic mass is 10.0. The van der Waals surface area contributed by atoms with Gasteiger partial charge in [0, 0.05) is 41.9 Å². The SMILES string of the molecule is CNc1cc(C)c(-c2c[nH]c3nc(NC(=O)C4CC4)ccc23)cn1. The van der Waals surface area contributed by atoms with Gasteiger partial charge in [-0.3, -0.25) is 4.79 Å². The van der Waals surface area contributed by atoms with Gasteiger partial charge in [-0.15, -0.1) is 0 Å². The van der Waals surface area contributed by atoms with Crippen LogP contribution < -0.4 is 10.6 Å². The summed E-state index contributed by atoms with van der Waals surface area (Å²) >= 11 is 0. The Bertz CT molecular complexity index is 926. The van der Waals surface area contributed by atoms with Gasteiger partial charge in [-0.2, -0.15) is 0 Å². The monoisotopic (exact) mass is 321 g/mol. The number of carbonyl (C=O) groups excluding carboxylic acids is 1. The summed E-state index contributed by atoms with van der Waals surface area (Å²) in [4.78, 5) is 24.0. The molecule has 0 saturated heterocycles. The third kappa shape index (κ3) is 2.60. The minimum atomic E-state index is 0.0660. The van der Waals surface area contributed by atoms with Crippen LogP contribution in [0.15, 0.2) is 30.6 Å². The molecular weight excluding hydrogens is 302 g/mol. The largest absolute Gasteiger partial charge is 0.373 e. The number of aromatic amines is 1. The number of fused-ring (bicyclic) bond motifs is 1. The van der Waals surface area contributed by atoms with Crippen molar-refractivity contribution in [3.63, 3.8) is 0 Å². The molecule has 24 heavy (non-hydrogen) atoms. The molecule has 1 fully saturated rings. The molecule has 0 bridgehead atoms. The fourth-order valence-corrected chi connectivity index (χ4v) is 2.85. The molecule has 1 saturated carbocycles. The second-order valence-corrected chi connectivity index (χ2v) is 6.19. The van der Waals surface area contributed by atoms with Crippen molar-refractivity contribution < 1.29 is 4.79 Å². The highest BCUT2D eigenvalue weighted by molar-refractivity contribution is 5.97. The highest BCUT2D eigenvalue weighted by atomic mass is 16.2. The average molecular weight is 321 g/mol. The molecule has 0 aliphatic heterocycles. The van der Waals surface area contributed by atoms with Gasteiger partial charge in [-0.1, -0.05) is 0 Å². The van der Waals surface area contributed by atoms with E-state index >= 15 is 0 Å². The van der Waals surface area contributed by atoms with Crippen LogP contribution in [-0.2, 0) is 4.79 Å². The van der Waals surface area contributed by atoms with Gasteiger partial charge in [-0.05, 0) is 43.5 Å². The van der Waals surface area contributed by atoms with Crippen LogP contribution >= 0.6 is 0 Å². The molecule has 4 rings (SSSR count). The standard InChI is InChI=1S/C18H19N5O/c1-10-7-16(19-2)20-8-13(10)14-9-21-17-12(14)5-6-15(22-17)23-18(24)11-3-4-11/h5-9,11H,3-4H2,1-2H3,(H,19,20)(H2,21,22,23,24). The molecule has 0 unspecified atom stereocenters. The van der Waals surface area contributed by atoms with Crippen LogP contribution in [0.1, 0.15) is 18.4 Å². The van der Waals surface area contributed by atoms with Crippen LogP contribution in [0.4, 0.5) is 11.6 Å². The Kier molecular flexibility index (Phi) is 3.45. The maximum Gasteiger partial charge on any atom is 0.228 e. The highest BCUT2D eigenvalue weighted by Gasteiger charge is 2.29. The lowest BCUT2D eigenvalue weighted by molar-refractivity contribution is -0.117. The normalized spacial score (nSPS) is 13.9. The molecule has 3 aromatic rings. The zero-order valence-electron chi connectivity index (χ0n) is 13.7. The Labute approximate surface area is 139 Å². The highest BCUT2D eigenvalue weighted by Crippen LogP contribution is 2.32. The summed E-state index contributed by atoms with van der Waals surface area (Å²) in [7, 11) is 1.86. The predicted octanol–water partition coefficient (Wildman–Crippen LogP) is 3.32. The fraction of sp³-hybridized carbons (Fsp3) is 0.278. The average Bonchev–Trinajstić information content (AvgIpc) is 3.36. The molecule has 1 aliphatic rings. The lowest BCUT2D eigenvalue weighted by Gasteiger charge is -2.07. The Morgan fingerprint density at radius 2 is 2.08 bits per heavy atom. The Morgan fingerprint density at radius 3 is 2.79 bits per heavy atom. The molecular formula is C18H19N5O. The maximum absolute atomic E-state index is 11.9. The molecule has 3 N–H and O–H groups in total. The molecule has 6 nitrogen and oxygen atoms in total. The summed E-state index contributed by atoms with van der Waals surface area (Å²) in [5, 5.41) is 6.94. The first-order valence-corrected chi connectivity index (χ1v) is 8.09. The number of rotatable bonds is 4. The second kappa shape index (κ2) is 5.63. The minimum absolute atomic E-state index is 0.0660. The number of anilines is 2. The Hall–Kier alpha value is -2.89. The molecule has 0 spiro atoms. The van der Waals surface area contributed by atoms with E-state index in [-0.39, 0.29) is 11.8 Å². The first kappa shape index (κ1) is 14.7. The number of H-pyrrole nitrogens is 1. The number of aromatic nitrogens is 3. The van der Waals surface area contributed by atoms with Gasteiger partial charge in [0.25, 0.3) is 0 Å². The first-order valence-electron chi connectivity index (χ1n) is 8.09. The minimum Gasteiger partial charge on any atom is -0.373 e. The topological polar surface area (TPSA) is 82.7 Å². The number of aryl methyl sites for hydroxylation is 1. The van der Waals surface area contributed by atoms with Crippen molar-refractivity contribution in [2.75, 3.05) is 17.7 Å². The van der Waals surface area contributed by atoms with Gasteiger partial charge in [-0.25, -0.2) is 9.97 Å². The van der Waals surface area contributed by atoms with Gasteiger partial charge < -0.3 is 15.6 Å². The molecule has 1 aliphatic carbocycles. The number of amides is 1. The van der Waals surface area contributed by atoms with Crippen molar-refractivity contribution in [2.24, 2.45) is 5.92 Å². The first-order chi connectivity index (χ1) is 11.7. The van der Waals surface area contributed by atoms with Crippen molar-refractivity contribution in [3.8, 4) is 11.1 Å². The van der Waals surface area contributed by atoms with Crippen LogP contribution in [0.2, 0.25) is 0 Å². The van der Waals surface area contributed by atoms with E-state index in [1.807, 2.05) is 37.6 Å². The van der Waals surface area contributed by atoms with Crippen molar-refractivity contribution >= 4 is 28.6 Å². The van der Waals surface area contributed by atoms with Gasteiger partial charge in [0.05, 0.1) is 0 Å². The zero-order chi connectivity index (χ0) is 16.7. The van der Waals surface area contributed by atoms with E-state index in [1.54, 1.807) is 0 Å². The van der Waals surface area contributed by atoms with Gasteiger partial charge in [0.2, 0.25) is 5.91 Å². The lowest BCUT2D eigenvalue weighted by Crippen LogP contribution is -2.14. The van der Waals surface area contributed by atoms with E-state index in [2.05, 4.69) is 32.5 Å². The third-order valence-corrected chi connectivity index (χ3v) is 4.40. The van der Waals surface area contributed by atoms with Crippen LogP contribution in [0, 0.1) is 12.8 Å². The molecule has 3 aromatic heterocycles. The van der Waals surface area contributed by atoms with Gasteiger partial charge >= 0.3 is 0 Å². The van der Waals surface area contributed by atoms with E-state index in [0.29, 0.717) is 5.82 Å². The van der Waals surface area contributed by atoms with Crippen LogP contribution in [-0.4, -0.2) is 27.9 Å². The van der Waals surface area contributed by atoms with E-state index in [0.717, 1.165) is 46.4 Å². The Morgan fingerprint density at radius 1 is 1.25 bits per heavy atom. The number of pyridine rings is 2. The summed E-state index contributed by atoms with van der Waals surface area (Å²) in [6.07, 6.45) is 5.77. The van der Waals surface area contributed by atoms with Crippen molar-refractivity contribution in [2.45, 2.75) is 19.8 Å². The Balaban J connectivity index is 1.68. The molecule has 0 atom stereocenters. The molecule has 0 aromatic carbocycles. The molecule has 6 heteroatoms. The van der Waals surface area contributed by atoms with Crippen molar-refractivity contribution in [3.05, 3.63) is 36.2 Å². The summed E-state index contributed by atoms with van der Waals surface area (Å²) in [5.74, 6) is 1.67. The number of carbonyl (C=O) groups is 1. The quantitative estimate of drug-likeness (QED) is 0.688. The maximum atomic E-state index is 11.9. The van der Waals surface area contributed by atoms with Crippen LogP contribution in [0.25, 0.3) is 22.2 Å². The summed E-state index contributed by atoms with van der Waals surface area (Å²) in [6, 6.07) is 5.86. The van der Waals surface area contributed by atoms with E-state index in [9.17, 15) is 4.79 Å². The summed E-state index contributed by atoms with van der Waals surface area (Å²) < 4.78 is 0. The number of hydrogen-bond donors (Lipinski definition) is 3. The van der Waals surface area contributed by atoms with E-state index in [1.165, 1.54) is 0 Å². The van der Waals surface area contributed by atoms with Crippen LogP contribution in [0.3, 0.4) is 0 Å². The third-order valence-electron chi connectivity index (χ3n) is 4.40. The summed E-state index contributed by atoms with van der Waals surface area (Å²) in [6.45, 7) is 2.06.